The maximum atomic E-state index is 9.56. The quantitative estimate of drug-likeness (QED) is 0.625. The lowest BCUT2D eigenvalue weighted by atomic mass is 10.1. The molecule has 8 heteroatoms. The van der Waals surface area contributed by atoms with Crippen LogP contribution in [-0.4, -0.2) is 62.5 Å². The molecule has 0 spiro atoms. The molecule has 3 heterocycles. The third-order valence-corrected chi connectivity index (χ3v) is 5.98. The summed E-state index contributed by atoms with van der Waals surface area (Å²) in [5.41, 5.74) is 5.50. The number of morpholine rings is 1. The van der Waals surface area contributed by atoms with Crippen molar-refractivity contribution in [3.8, 4) is 17.3 Å². The highest BCUT2D eigenvalue weighted by Crippen LogP contribution is 2.27. The van der Waals surface area contributed by atoms with Crippen molar-refractivity contribution in [2.75, 3.05) is 67.6 Å². The molecule has 5 rings (SSSR count). The topological polar surface area (TPSA) is 89.3 Å². The van der Waals surface area contributed by atoms with Gasteiger partial charge in [-0.15, -0.1) is 0 Å². The number of aromatic nitrogens is 2. The van der Waals surface area contributed by atoms with Crippen LogP contribution in [0.25, 0.3) is 11.3 Å². The molecule has 0 atom stereocenters. The second-order valence-corrected chi connectivity index (χ2v) is 8.15. The van der Waals surface area contributed by atoms with Crippen molar-refractivity contribution in [3.63, 3.8) is 0 Å². The zero-order valence-corrected chi connectivity index (χ0v) is 18.5. The second-order valence-electron chi connectivity index (χ2n) is 8.15. The number of hydrogen-bond donors (Lipinski definition) is 2. The van der Waals surface area contributed by atoms with Crippen molar-refractivity contribution in [3.05, 3.63) is 60.3 Å². The average molecular weight is 442 g/mol. The maximum absolute atomic E-state index is 9.56. The van der Waals surface area contributed by atoms with Gasteiger partial charge in [-0.2, -0.15) is 5.26 Å². The number of nitrogens with one attached hydrogen (secondary N) is 2. The van der Waals surface area contributed by atoms with Gasteiger partial charge in [0.25, 0.3) is 0 Å². The summed E-state index contributed by atoms with van der Waals surface area (Å²) in [6.45, 7) is 7.09. The largest absolute Gasteiger partial charge is 0.378 e. The minimum Gasteiger partial charge on any atom is -0.378 e. The van der Waals surface area contributed by atoms with E-state index < -0.39 is 0 Å². The number of nitrogens with zero attached hydrogens (tertiary/aromatic N) is 5. The Morgan fingerprint density at radius 1 is 0.909 bits per heavy atom. The number of nitriles is 1. The standard InChI is InChI=1S/C25H27N7O/c26-18-19-15-20(17-23(16-19)31-9-7-27-8-10-31)24-5-6-28-25(30-24)29-21-1-3-22(4-2-21)32-11-13-33-14-12-32/h1-6,15-17,27H,7-14H2,(H,28,29,30). The number of anilines is 4. The highest BCUT2D eigenvalue weighted by atomic mass is 16.5. The fraction of sp³-hybridized carbons (Fsp3) is 0.320. The number of rotatable bonds is 5. The SMILES string of the molecule is N#Cc1cc(-c2ccnc(Nc3ccc(N4CCOCC4)cc3)n2)cc(N2CCNCC2)c1. The van der Waals surface area contributed by atoms with Crippen LogP contribution >= 0.6 is 0 Å². The monoisotopic (exact) mass is 441 g/mol. The van der Waals surface area contributed by atoms with Crippen molar-refractivity contribution in [1.29, 1.82) is 5.26 Å². The zero-order chi connectivity index (χ0) is 22.5. The lowest BCUT2D eigenvalue weighted by Gasteiger charge is -2.30. The number of benzene rings is 2. The van der Waals surface area contributed by atoms with Crippen molar-refractivity contribution in [2.24, 2.45) is 0 Å². The molecule has 1 aromatic heterocycles. The summed E-state index contributed by atoms with van der Waals surface area (Å²) in [5.74, 6) is 0.526. The Morgan fingerprint density at radius 3 is 2.42 bits per heavy atom. The average Bonchev–Trinajstić information content (AvgIpc) is 2.90. The summed E-state index contributed by atoms with van der Waals surface area (Å²) in [6.07, 6.45) is 1.75. The lowest BCUT2D eigenvalue weighted by molar-refractivity contribution is 0.122. The Morgan fingerprint density at radius 2 is 1.67 bits per heavy atom. The first kappa shape index (κ1) is 21.2. The predicted octanol–water partition coefficient (Wildman–Crippen LogP) is 3.01. The lowest BCUT2D eigenvalue weighted by Crippen LogP contribution is -2.43. The summed E-state index contributed by atoms with van der Waals surface area (Å²) in [5, 5.41) is 16.2. The summed E-state index contributed by atoms with van der Waals surface area (Å²) in [7, 11) is 0. The van der Waals surface area contributed by atoms with Gasteiger partial charge in [-0.1, -0.05) is 0 Å². The van der Waals surface area contributed by atoms with Crippen LogP contribution in [0.4, 0.5) is 23.0 Å². The number of piperazine rings is 1. The van der Waals surface area contributed by atoms with E-state index >= 15 is 0 Å². The first-order valence-corrected chi connectivity index (χ1v) is 11.3. The van der Waals surface area contributed by atoms with Gasteiger partial charge < -0.3 is 25.2 Å². The summed E-state index contributed by atoms with van der Waals surface area (Å²) >= 11 is 0. The van der Waals surface area contributed by atoms with Crippen LogP contribution in [0.3, 0.4) is 0 Å². The van der Waals surface area contributed by atoms with Gasteiger partial charge in [0.1, 0.15) is 0 Å². The minimum atomic E-state index is 0.526. The second kappa shape index (κ2) is 9.86. The molecule has 168 valence electrons. The molecule has 0 unspecified atom stereocenters. The molecule has 2 aliphatic heterocycles. The first-order valence-electron chi connectivity index (χ1n) is 11.3. The first-order chi connectivity index (χ1) is 16.3. The number of ether oxygens (including phenoxy) is 1. The molecule has 0 bridgehead atoms. The van der Waals surface area contributed by atoms with E-state index in [0.29, 0.717) is 11.5 Å². The van der Waals surface area contributed by atoms with Crippen molar-refractivity contribution in [2.45, 2.75) is 0 Å². The van der Waals surface area contributed by atoms with E-state index in [1.165, 1.54) is 5.69 Å². The Labute approximate surface area is 193 Å². The molecule has 0 saturated carbocycles. The number of hydrogen-bond acceptors (Lipinski definition) is 8. The van der Waals surface area contributed by atoms with Crippen molar-refractivity contribution >= 4 is 23.0 Å². The van der Waals surface area contributed by atoms with Crippen molar-refractivity contribution in [1.82, 2.24) is 15.3 Å². The molecule has 3 aromatic rings. The van der Waals surface area contributed by atoms with E-state index in [4.69, 9.17) is 9.72 Å². The van der Waals surface area contributed by atoms with Crippen LogP contribution in [0.5, 0.6) is 0 Å². The van der Waals surface area contributed by atoms with Crippen molar-refractivity contribution < 1.29 is 4.74 Å². The smallest absolute Gasteiger partial charge is 0.227 e. The fourth-order valence-corrected chi connectivity index (χ4v) is 4.22. The van der Waals surface area contributed by atoms with Gasteiger partial charge in [-0.3, -0.25) is 0 Å². The van der Waals surface area contributed by atoms with Gasteiger partial charge in [0.05, 0.1) is 30.5 Å². The third kappa shape index (κ3) is 5.06. The molecule has 0 aliphatic carbocycles. The molecule has 8 nitrogen and oxygen atoms in total. The molecule has 2 aliphatic rings. The molecule has 2 aromatic carbocycles. The maximum Gasteiger partial charge on any atom is 0.227 e. The van der Waals surface area contributed by atoms with Gasteiger partial charge >= 0.3 is 0 Å². The fourth-order valence-electron chi connectivity index (χ4n) is 4.22. The van der Waals surface area contributed by atoms with Crippen LogP contribution in [0.2, 0.25) is 0 Å². The van der Waals surface area contributed by atoms with E-state index in [1.54, 1.807) is 6.20 Å². The van der Waals surface area contributed by atoms with Gasteiger partial charge in [0.15, 0.2) is 0 Å². The highest BCUT2D eigenvalue weighted by Gasteiger charge is 2.14. The van der Waals surface area contributed by atoms with Crippen LogP contribution in [0.15, 0.2) is 54.7 Å². The van der Waals surface area contributed by atoms with E-state index in [-0.39, 0.29) is 0 Å². The van der Waals surface area contributed by atoms with Gasteiger partial charge in [-0.05, 0) is 48.5 Å². The van der Waals surface area contributed by atoms with Gasteiger partial charge in [0, 0.05) is 68.1 Å². The van der Waals surface area contributed by atoms with Gasteiger partial charge in [-0.25, -0.2) is 9.97 Å². The molecular weight excluding hydrogens is 414 g/mol. The normalized spacial score (nSPS) is 16.3. The molecule has 2 fully saturated rings. The highest BCUT2D eigenvalue weighted by molar-refractivity contribution is 5.70. The van der Waals surface area contributed by atoms with Crippen LogP contribution < -0.4 is 20.4 Å². The molecule has 0 amide bonds. The summed E-state index contributed by atoms with van der Waals surface area (Å²) in [4.78, 5) is 13.7. The van der Waals surface area contributed by atoms with E-state index in [1.807, 2.05) is 30.3 Å². The van der Waals surface area contributed by atoms with E-state index in [0.717, 1.165) is 75.1 Å². The summed E-state index contributed by atoms with van der Waals surface area (Å²) in [6, 6.07) is 18.4. The molecule has 0 radical (unpaired) electrons. The van der Waals surface area contributed by atoms with E-state index in [2.05, 4.69) is 49.7 Å². The van der Waals surface area contributed by atoms with Gasteiger partial charge in [0.2, 0.25) is 5.95 Å². The molecule has 2 saturated heterocycles. The molecule has 33 heavy (non-hydrogen) atoms. The Hall–Kier alpha value is -3.67. The van der Waals surface area contributed by atoms with Crippen LogP contribution in [0, 0.1) is 11.3 Å². The predicted molar refractivity (Wildman–Crippen MR) is 130 cm³/mol. The van der Waals surface area contributed by atoms with E-state index in [9.17, 15) is 5.26 Å². The van der Waals surface area contributed by atoms with Crippen LogP contribution in [0.1, 0.15) is 5.56 Å². The third-order valence-electron chi connectivity index (χ3n) is 5.98. The minimum absolute atomic E-state index is 0.526. The Balaban J connectivity index is 1.35. The van der Waals surface area contributed by atoms with Crippen LogP contribution in [-0.2, 0) is 4.74 Å². The Bertz CT molecular complexity index is 1130. The summed E-state index contributed by atoms with van der Waals surface area (Å²) < 4.78 is 5.43. The Kier molecular flexibility index (Phi) is 6.33. The molecular formula is C25H27N7O. The molecule has 2 N–H and O–H groups in total. The zero-order valence-electron chi connectivity index (χ0n) is 18.5.